The van der Waals surface area contributed by atoms with Crippen molar-refractivity contribution in [2.75, 3.05) is 18.4 Å². The van der Waals surface area contributed by atoms with Gasteiger partial charge in [0.05, 0.1) is 6.04 Å². The van der Waals surface area contributed by atoms with Gasteiger partial charge in [0.25, 0.3) is 0 Å². The van der Waals surface area contributed by atoms with Crippen molar-refractivity contribution in [3.05, 3.63) is 30.3 Å². The molecule has 0 spiro atoms. The number of nitrogens with one attached hydrogen (secondary N) is 3. The highest BCUT2D eigenvalue weighted by atomic mass is 16.2. The van der Waals surface area contributed by atoms with Gasteiger partial charge in [-0.15, -0.1) is 0 Å². The van der Waals surface area contributed by atoms with Crippen molar-refractivity contribution >= 4 is 11.6 Å². The molecule has 2 aliphatic rings. The summed E-state index contributed by atoms with van der Waals surface area (Å²) in [6, 6.07) is 10.8. The molecule has 1 aromatic carbocycles. The van der Waals surface area contributed by atoms with E-state index in [9.17, 15) is 4.79 Å². The molecule has 0 radical (unpaired) electrons. The maximum Gasteiger partial charge on any atom is 0.237 e. The molecule has 3 atom stereocenters. The minimum absolute atomic E-state index is 0.0372. The lowest BCUT2D eigenvalue weighted by Crippen LogP contribution is -2.43. The number of hydrogen-bond donors (Lipinski definition) is 3. The lowest BCUT2D eigenvalue weighted by molar-refractivity contribution is -0.122. The van der Waals surface area contributed by atoms with Crippen molar-refractivity contribution in [2.24, 2.45) is 5.92 Å². The Kier molecular flexibility index (Phi) is 5.33. The molecule has 3 unspecified atom stereocenters. The van der Waals surface area contributed by atoms with Gasteiger partial charge in [-0.1, -0.05) is 31.0 Å². The van der Waals surface area contributed by atoms with Crippen molar-refractivity contribution in [3.8, 4) is 0 Å². The first-order chi connectivity index (χ1) is 10.8. The van der Waals surface area contributed by atoms with Crippen LogP contribution in [0.5, 0.6) is 0 Å². The standard InChI is InChI=1S/C18H27N3O/c22-18(17-13-14-7-4-5-10-16(14)21-17)20-12-6-11-19-15-8-2-1-3-9-15/h1-3,8-9,14,16-17,19,21H,4-7,10-13H2,(H,20,22). The predicted octanol–water partition coefficient (Wildman–Crippen LogP) is 2.53. The van der Waals surface area contributed by atoms with Crippen molar-refractivity contribution in [1.82, 2.24) is 10.6 Å². The van der Waals surface area contributed by atoms with Crippen molar-refractivity contribution < 1.29 is 4.79 Å². The van der Waals surface area contributed by atoms with Crippen LogP contribution in [-0.2, 0) is 4.79 Å². The number of amides is 1. The van der Waals surface area contributed by atoms with Crippen LogP contribution in [0.3, 0.4) is 0 Å². The number of hydrogen-bond acceptors (Lipinski definition) is 3. The normalized spacial score (nSPS) is 27.2. The van der Waals surface area contributed by atoms with E-state index in [1.807, 2.05) is 18.2 Å². The van der Waals surface area contributed by atoms with E-state index in [4.69, 9.17) is 0 Å². The first-order valence-corrected chi connectivity index (χ1v) is 8.65. The van der Waals surface area contributed by atoms with Crippen LogP contribution in [0.1, 0.15) is 38.5 Å². The number of fused-ring (bicyclic) bond motifs is 1. The van der Waals surface area contributed by atoms with Gasteiger partial charge in [0.2, 0.25) is 5.91 Å². The van der Waals surface area contributed by atoms with Crippen LogP contribution in [0, 0.1) is 5.92 Å². The number of anilines is 1. The van der Waals surface area contributed by atoms with E-state index < -0.39 is 0 Å². The second-order valence-corrected chi connectivity index (χ2v) is 6.54. The highest BCUT2D eigenvalue weighted by molar-refractivity contribution is 5.82. The Bertz CT molecular complexity index is 462. The summed E-state index contributed by atoms with van der Waals surface area (Å²) in [4.78, 5) is 12.2. The highest BCUT2D eigenvalue weighted by Crippen LogP contribution is 2.33. The van der Waals surface area contributed by atoms with E-state index in [0.29, 0.717) is 6.04 Å². The molecule has 4 nitrogen and oxygen atoms in total. The zero-order chi connectivity index (χ0) is 15.2. The first kappa shape index (κ1) is 15.3. The van der Waals surface area contributed by atoms with Gasteiger partial charge in [0, 0.05) is 24.8 Å². The minimum atomic E-state index is 0.0372. The Labute approximate surface area is 133 Å². The van der Waals surface area contributed by atoms with Crippen LogP contribution in [0.4, 0.5) is 5.69 Å². The number of rotatable bonds is 6. The molecule has 22 heavy (non-hydrogen) atoms. The molecule has 1 aliphatic heterocycles. The van der Waals surface area contributed by atoms with E-state index in [1.54, 1.807) is 0 Å². The SMILES string of the molecule is O=C(NCCCNc1ccccc1)C1CC2CCCCC2N1. The molecule has 1 aliphatic carbocycles. The Morgan fingerprint density at radius 1 is 1.14 bits per heavy atom. The smallest absolute Gasteiger partial charge is 0.237 e. The van der Waals surface area contributed by atoms with E-state index in [2.05, 4.69) is 28.1 Å². The van der Waals surface area contributed by atoms with E-state index in [-0.39, 0.29) is 11.9 Å². The molecule has 1 saturated carbocycles. The fourth-order valence-corrected chi connectivity index (χ4v) is 3.73. The molecule has 3 rings (SSSR count). The molecule has 0 aromatic heterocycles. The average Bonchev–Trinajstić information content (AvgIpc) is 2.99. The zero-order valence-corrected chi connectivity index (χ0v) is 13.2. The molecular weight excluding hydrogens is 274 g/mol. The van der Waals surface area contributed by atoms with Crippen LogP contribution in [0.25, 0.3) is 0 Å². The minimum Gasteiger partial charge on any atom is -0.385 e. The molecule has 2 fully saturated rings. The summed E-state index contributed by atoms with van der Waals surface area (Å²) in [5.41, 5.74) is 1.13. The van der Waals surface area contributed by atoms with Crippen LogP contribution in [-0.4, -0.2) is 31.1 Å². The van der Waals surface area contributed by atoms with Gasteiger partial charge < -0.3 is 16.0 Å². The van der Waals surface area contributed by atoms with Gasteiger partial charge in [0.15, 0.2) is 0 Å². The van der Waals surface area contributed by atoms with E-state index in [1.165, 1.54) is 25.7 Å². The van der Waals surface area contributed by atoms with Gasteiger partial charge in [-0.2, -0.15) is 0 Å². The maximum atomic E-state index is 12.2. The third-order valence-corrected chi connectivity index (χ3v) is 4.93. The van der Waals surface area contributed by atoms with Gasteiger partial charge >= 0.3 is 0 Å². The molecule has 3 N–H and O–H groups in total. The van der Waals surface area contributed by atoms with E-state index >= 15 is 0 Å². The molecule has 1 saturated heterocycles. The first-order valence-electron chi connectivity index (χ1n) is 8.65. The lowest BCUT2D eigenvalue weighted by atomic mass is 9.85. The Morgan fingerprint density at radius 2 is 1.95 bits per heavy atom. The summed E-state index contributed by atoms with van der Waals surface area (Å²) in [7, 11) is 0. The largest absolute Gasteiger partial charge is 0.385 e. The second kappa shape index (κ2) is 7.63. The fraction of sp³-hybridized carbons (Fsp3) is 0.611. The molecule has 1 amide bonds. The summed E-state index contributed by atoms with van der Waals surface area (Å²) in [6.45, 7) is 1.62. The highest BCUT2D eigenvalue weighted by Gasteiger charge is 2.37. The predicted molar refractivity (Wildman–Crippen MR) is 89.8 cm³/mol. The summed E-state index contributed by atoms with van der Waals surface area (Å²) < 4.78 is 0. The van der Waals surface area contributed by atoms with Crippen LogP contribution >= 0.6 is 0 Å². The van der Waals surface area contributed by atoms with Gasteiger partial charge in [-0.05, 0) is 43.7 Å². The Balaban J connectivity index is 1.31. The summed E-state index contributed by atoms with van der Waals surface area (Å²) in [5, 5.41) is 9.97. The number of carbonyl (C=O) groups excluding carboxylic acids is 1. The molecule has 0 bridgehead atoms. The zero-order valence-electron chi connectivity index (χ0n) is 13.2. The molecular formula is C18H27N3O. The van der Waals surface area contributed by atoms with Crippen LogP contribution in [0.2, 0.25) is 0 Å². The lowest BCUT2D eigenvalue weighted by Gasteiger charge is -2.24. The topological polar surface area (TPSA) is 53.2 Å². The second-order valence-electron chi connectivity index (χ2n) is 6.54. The van der Waals surface area contributed by atoms with Crippen molar-refractivity contribution in [2.45, 2.75) is 50.6 Å². The van der Waals surface area contributed by atoms with Gasteiger partial charge in [0.1, 0.15) is 0 Å². The van der Waals surface area contributed by atoms with E-state index in [0.717, 1.165) is 37.5 Å². The Morgan fingerprint density at radius 3 is 2.77 bits per heavy atom. The number of carbonyl (C=O) groups is 1. The summed E-state index contributed by atoms with van der Waals surface area (Å²) in [6.07, 6.45) is 7.16. The average molecular weight is 301 g/mol. The Hall–Kier alpha value is -1.55. The number of benzene rings is 1. The summed E-state index contributed by atoms with van der Waals surface area (Å²) in [5.74, 6) is 0.915. The monoisotopic (exact) mass is 301 g/mol. The van der Waals surface area contributed by atoms with Gasteiger partial charge in [-0.25, -0.2) is 0 Å². The fourth-order valence-electron chi connectivity index (χ4n) is 3.73. The quantitative estimate of drug-likeness (QED) is 0.708. The van der Waals surface area contributed by atoms with Crippen LogP contribution in [0.15, 0.2) is 30.3 Å². The maximum absolute atomic E-state index is 12.2. The molecule has 1 heterocycles. The summed E-state index contributed by atoms with van der Waals surface area (Å²) >= 11 is 0. The molecule has 4 heteroatoms. The molecule has 1 aromatic rings. The van der Waals surface area contributed by atoms with Gasteiger partial charge in [-0.3, -0.25) is 4.79 Å². The van der Waals surface area contributed by atoms with Crippen LogP contribution < -0.4 is 16.0 Å². The third-order valence-electron chi connectivity index (χ3n) is 4.93. The molecule has 120 valence electrons. The van der Waals surface area contributed by atoms with Crippen molar-refractivity contribution in [1.29, 1.82) is 0 Å². The third kappa shape index (κ3) is 4.01. The van der Waals surface area contributed by atoms with Crippen molar-refractivity contribution in [3.63, 3.8) is 0 Å². The number of para-hydroxylation sites is 1.